The number of nitrogens with one attached hydrogen (secondary N) is 3. The van der Waals surface area contributed by atoms with Crippen LogP contribution in [-0.2, 0) is 14.8 Å². The molecule has 2 atom stereocenters. The lowest BCUT2D eigenvalue weighted by Gasteiger charge is -2.30. The minimum absolute atomic E-state index is 0.00904. The molecule has 0 bridgehead atoms. The highest BCUT2D eigenvalue weighted by atomic mass is 32.2. The highest BCUT2D eigenvalue weighted by Crippen LogP contribution is 2.20. The Morgan fingerprint density at radius 1 is 0.971 bits per heavy atom. The van der Waals surface area contributed by atoms with E-state index in [1.54, 1.807) is 24.3 Å². The molecule has 12 heteroatoms. The van der Waals surface area contributed by atoms with E-state index in [1.165, 1.54) is 24.3 Å². The Bertz CT molecular complexity index is 1300. The number of amides is 2. The van der Waals surface area contributed by atoms with Gasteiger partial charge in [-0.25, -0.2) is 22.7 Å². The van der Waals surface area contributed by atoms with Gasteiger partial charge in [0.05, 0.1) is 6.26 Å². The molecule has 0 aromatic heterocycles. The number of rotatable bonds is 7. The number of carbonyl (C=O) groups is 2. The molecule has 0 saturated heterocycles. The summed E-state index contributed by atoms with van der Waals surface area (Å²) in [4.78, 5) is 24.0. The van der Waals surface area contributed by atoms with E-state index in [2.05, 4.69) is 28.4 Å². The Morgan fingerprint density at radius 3 is 1.89 bits per heavy atom. The second-order valence-corrected chi connectivity index (χ2v) is 9.19. The number of aliphatic hydroxyl groups is 1. The van der Waals surface area contributed by atoms with Gasteiger partial charge in [0, 0.05) is 22.4 Å². The lowest BCUT2D eigenvalue weighted by Crippen LogP contribution is -2.61. The van der Waals surface area contributed by atoms with Gasteiger partial charge in [-0.2, -0.15) is 0 Å². The molecule has 184 valence electrons. The Hall–Kier alpha value is -3.97. The summed E-state index contributed by atoms with van der Waals surface area (Å²) < 4.78 is 50.9. The quantitative estimate of drug-likeness (QED) is 0.216. The van der Waals surface area contributed by atoms with Gasteiger partial charge in [0.2, 0.25) is 10.0 Å². The van der Waals surface area contributed by atoms with Crippen LogP contribution in [-0.4, -0.2) is 54.9 Å². The largest absolute Gasteiger partial charge is 0.381 e. The molecule has 2 rings (SSSR count). The van der Waals surface area contributed by atoms with Crippen LogP contribution >= 0.6 is 0 Å². The van der Waals surface area contributed by atoms with Gasteiger partial charge >= 0.3 is 0 Å². The lowest BCUT2D eigenvalue weighted by molar-refractivity contribution is -0.149. The van der Waals surface area contributed by atoms with Gasteiger partial charge in [-0.05, 0) is 67.3 Å². The monoisotopic (exact) mass is 505 g/mol. The van der Waals surface area contributed by atoms with Gasteiger partial charge in [-0.1, -0.05) is 11.8 Å². The summed E-state index contributed by atoms with van der Waals surface area (Å²) in [5.41, 5.74) is -0.324. The second-order valence-electron chi connectivity index (χ2n) is 7.44. The van der Waals surface area contributed by atoms with Crippen LogP contribution in [0.5, 0.6) is 0 Å². The van der Waals surface area contributed by atoms with Gasteiger partial charge in [-0.3, -0.25) is 19.5 Å². The molecule has 0 aliphatic carbocycles. The minimum atomic E-state index is -3.38. The number of hydrogen-bond acceptors (Lipinski definition) is 6. The van der Waals surface area contributed by atoms with Crippen LogP contribution in [0.1, 0.15) is 28.4 Å². The second kappa shape index (κ2) is 11.4. The predicted molar refractivity (Wildman–Crippen MR) is 123 cm³/mol. The summed E-state index contributed by atoms with van der Waals surface area (Å²) in [6.45, 7) is 0.651. The van der Waals surface area contributed by atoms with Crippen LogP contribution in [0.4, 0.5) is 14.5 Å². The topological polar surface area (TPSA) is 145 Å². The van der Waals surface area contributed by atoms with Crippen molar-refractivity contribution in [2.75, 3.05) is 11.0 Å². The van der Waals surface area contributed by atoms with Crippen LogP contribution in [0.2, 0.25) is 0 Å². The van der Waals surface area contributed by atoms with Gasteiger partial charge < -0.3 is 10.4 Å². The molecule has 2 aromatic carbocycles. The van der Waals surface area contributed by atoms with Crippen molar-refractivity contribution in [1.29, 1.82) is 0 Å². The van der Waals surface area contributed by atoms with E-state index in [-0.39, 0.29) is 5.56 Å². The molecular weight excluding hydrogens is 484 g/mol. The van der Waals surface area contributed by atoms with Crippen LogP contribution in [0, 0.1) is 23.7 Å². The third-order valence-corrected chi connectivity index (χ3v) is 5.09. The molecule has 0 fully saturated rings. The summed E-state index contributed by atoms with van der Waals surface area (Å²) in [7, 11) is -3.37. The Labute approximate surface area is 200 Å². The number of alkyl halides is 2. The molecule has 2 aromatic rings. The first kappa shape index (κ1) is 27.3. The zero-order chi connectivity index (χ0) is 26.2. The molecule has 0 heterocycles. The van der Waals surface area contributed by atoms with E-state index in [4.69, 9.17) is 5.21 Å². The van der Waals surface area contributed by atoms with Crippen LogP contribution in [0.15, 0.2) is 48.5 Å². The molecule has 0 aliphatic heterocycles. The lowest BCUT2D eigenvalue weighted by atomic mass is 9.95. The molecule has 0 saturated carbocycles. The molecule has 0 aliphatic rings. The number of carbonyl (C=O) groups excluding carboxylic acids is 2. The van der Waals surface area contributed by atoms with Gasteiger partial charge in [-0.15, -0.1) is 0 Å². The third kappa shape index (κ3) is 8.08. The number of benzene rings is 2. The Balaban J connectivity index is 2.07. The number of sulfonamides is 1. The van der Waals surface area contributed by atoms with Crippen LogP contribution < -0.4 is 15.5 Å². The molecule has 1 unspecified atom stereocenters. The fraction of sp³-hybridized carbons (Fsp3) is 0.217. The normalized spacial score (nSPS) is 13.2. The average Bonchev–Trinajstić information content (AvgIpc) is 2.79. The Kier molecular flexibility index (Phi) is 8.92. The number of halogens is 2. The first-order valence-corrected chi connectivity index (χ1v) is 11.7. The van der Waals surface area contributed by atoms with Crippen molar-refractivity contribution in [2.24, 2.45) is 0 Å². The van der Waals surface area contributed by atoms with E-state index in [9.17, 15) is 31.9 Å². The SMILES string of the molecule is CC(O)(C(F)F)[C@H](NC(=O)c1ccc(C#CC#Cc2ccc(NS(C)(=O)=O)cc2)cc1)C(=O)NO. The molecule has 0 spiro atoms. The molecule has 5 N–H and O–H groups in total. The van der Waals surface area contributed by atoms with E-state index < -0.39 is 39.9 Å². The van der Waals surface area contributed by atoms with Crippen molar-refractivity contribution in [3.05, 3.63) is 65.2 Å². The van der Waals surface area contributed by atoms with Crippen molar-refractivity contribution in [2.45, 2.75) is 25.0 Å². The van der Waals surface area contributed by atoms with Gasteiger partial charge in [0.25, 0.3) is 18.2 Å². The highest BCUT2D eigenvalue weighted by molar-refractivity contribution is 7.92. The third-order valence-electron chi connectivity index (χ3n) is 4.49. The zero-order valence-electron chi connectivity index (χ0n) is 18.5. The fourth-order valence-electron chi connectivity index (χ4n) is 2.63. The molecule has 35 heavy (non-hydrogen) atoms. The summed E-state index contributed by atoms with van der Waals surface area (Å²) in [5.74, 6) is 8.44. The first-order chi connectivity index (χ1) is 16.3. The van der Waals surface area contributed by atoms with E-state index in [0.717, 1.165) is 11.7 Å². The fourth-order valence-corrected chi connectivity index (χ4v) is 3.19. The number of hydroxylamine groups is 1. The van der Waals surface area contributed by atoms with Crippen molar-refractivity contribution < 1.29 is 37.1 Å². The van der Waals surface area contributed by atoms with Crippen molar-refractivity contribution >= 4 is 27.5 Å². The van der Waals surface area contributed by atoms with Gasteiger partial charge in [0.15, 0.2) is 5.60 Å². The minimum Gasteiger partial charge on any atom is -0.381 e. The summed E-state index contributed by atoms with van der Waals surface area (Å²) >= 11 is 0. The summed E-state index contributed by atoms with van der Waals surface area (Å²) in [6.07, 6.45) is -2.34. The number of anilines is 1. The molecule has 0 radical (unpaired) electrons. The summed E-state index contributed by atoms with van der Waals surface area (Å²) in [5, 5.41) is 20.6. The molecule has 2 amide bonds. The predicted octanol–water partition coefficient (Wildman–Crippen LogP) is 1.08. The Morgan fingerprint density at radius 2 is 1.46 bits per heavy atom. The smallest absolute Gasteiger partial charge is 0.269 e. The maximum Gasteiger partial charge on any atom is 0.269 e. The van der Waals surface area contributed by atoms with E-state index in [1.807, 2.05) is 5.32 Å². The van der Waals surface area contributed by atoms with Crippen molar-refractivity contribution in [3.8, 4) is 23.7 Å². The van der Waals surface area contributed by atoms with Crippen LogP contribution in [0.3, 0.4) is 0 Å². The standard InChI is InChI=1S/C23H21F2N3O6S/c1-23(31,22(24)25)19(21(30)27-32)26-20(29)17-11-7-15(8-12-17)5-3-4-6-16-9-13-18(14-10-16)28-35(2,33)34/h7-14,19,22,28,31-32H,1-2H3,(H,26,29)(H,27,30)/t19-,23?/m1/s1. The average molecular weight is 505 g/mol. The zero-order valence-corrected chi connectivity index (χ0v) is 19.3. The maximum absolute atomic E-state index is 13.1. The molecule has 9 nitrogen and oxygen atoms in total. The van der Waals surface area contributed by atoms with Crippen LogP contribution in [0.25, 0.3) is 0 Å². The summed E-state index contributed by atoms with van der Waals surface area (Å²) in [6, 6.07) is 9.79. The highest BCUT2D eigenvalue weighted by Gasteiger charge is 2.46. The van der Waals surface area contributed by atoms with E-state index in [0.29, 0.717) is 23.7 Å². The van der Waals surface area contributed by atoms with Crippen molar-refractivity contribution in [3.63, 3.8) is 0 Å². The first-order valence-electron chi connectivity index (χ1n) is 9.79. The van der Waals surface area contributed by atoms with Crippen molar-refractivity contribution in [1.82, 2.24) is 10.8 Å². The van der Waals surface area contributed by atoms with Gasteiger partial charge in [0.1, 0.15) is 6.04 Å². The number of hydrogen-bond donors (Lipinski definition) is 5. The maximum atomic E-state index is 13.1. The molecular formula is C23H21F2N3O6S. The van der Waals surface area contributed by atoms with E-state index >= 15 is 0 Å².